The van der Waals surface area contributed by atoms with Crippen LogP contribution in [0.3, 0.4) is 0 Å². The molecule has 0 saturated carbocycles. The Kier molecular flexibility index (Phi) is 2.94. The molecular weight excluding hydrogens is 310 g/mol. The van der Waals surface area contributed by atoms with E-state index in [9.17, 15) is 4.79 Å². The summed E-state index contributed by atoms with van der Waals surface area (Å²) in [6.45, 7) is 5.08. The molecule has 1 atom stereocenters. The predicted octanol–water partition coefficient (Wildman–Crippen LogP) is 2.00. The van der Waals surface area contributed by atoms with E-state index >= 15 is 0 Å². The second kappa shape index (κ2) is 4.38. The van der Waals surface area contributed by atoms with E-state index in [0.717, 1.165) is 11.8 Å². The van der Waals surface area contributed by atoms with Gasteiger partial charge in [-0.2, -0.15) is 0 Å². The van der Waals surface area contributed by atoms with Crippen molar-refractivity contribution in [1.29, 1.82) is 0 Å². The smallest absolute Gasteiger partial charge is 0.267 e. The maximum absolute atomic E-state index is 12.5. The molecule has 100 valence electrons. The van der Waals surface area contributed by atoms with E-state index in [4.69, 9.17) is 4.74 Å². The van der Waals surface area contributed by atoms with Gasteiger partial charge in [-0.15, -0.1) is 0 Å². The summed E-state index contributed by atoms with van der Waals surface area (Å²) in [6.07, 6.45) is 4.41. The largest absolute Gasteiger partial charge is 0.379 e. The fourth-order valence-corrected chi connectivity index (χ4v) is 2.91. The molecule has 6 heteroatoms. The van der Waals surface area contributed by atoms with Gasteiger partial charge in [0, 0.05) is 24.4 Å². The first-order valence-electron chi connectivity index (χ1n) is 6.14. The molecular formula is C13H14BrN3O2. The molecule has 0 aromatic carbocycles. The topological polar surface area (TPSA) is 57.0 Å². The van der Waals surface area contributed by atoms with Crippen molar-refractivity contribution in [3.63, 3.8) is 0 Å². The first-order chi connectivity index (χ1) is 9.01. The zero-order valence-electron chi connectivity index (χ0n) is 10.8. The summed E-state index contributed by atoms with van der Waals surface area (Å²) in [5.74, 6) is 0.653. The Balaban J connectivity index is 2.30. The van der Waals surface area contributed by atoms with Crippen LogP contribution >= 0.6 is 15.9 Å². The molecule has 3 heterocycles. The Morgan fingerprint density at radius 3 is 3.00 bits per heavy atom. The minimum absolute atomic E-state index is 0.0707. The summed E-state index contributed by atoms with van der Waals surface area (Å²) in [4.78, 5) is 21.0. The number of halogens is 1. The monoisotopic (exact) mass is 323 g/mol. The van der Waals surface area contributed by atoms with Gasteiger partial charge in [-0.05, 0) is 36.2 Å². The van der Waals surface area contributed by atoms with Crippen molar-refractivity contribution in [2.24, 2.45) is 0 Å². The van der Waals surface area contributed by atoms with Crippen LogP contribution in [-0.2, 0) is 10.3 Å². The van der Waals surface area contributed by atoms with Gasteiger partial charge in [-0.1, -0.05) is 0 Å². The molecule has 0 amide bonds. The van der Waals surface area contributed by atoms with E-state index in [1.807, 2.05) is 20.0 Å². The van der Waals surface area contributed by atoms with Gasteiger partial charge < -0.3 is 9.30 Å². The van der Waals surface area contributed by atoms with Crippen LogP contribution in [0.1, 0.15) is 19.2 Å². The van der Waals surface area contributed by atoms with Crippen molar-refractivity contribution in [3.8, 4) is 0 Å². The third-order valence-corrected chi connectivity index (χ3v) is 4.31. The number of nitrogens with zero attached hydrogens (tertiary/aromatic N) is 3. The molecule has 19 heavy (non-hydrogen) atoms. The first-order valence-corrected chi connectivity index (χ1v) is 6.93. The van der Waals surface area contributed by atoms with Crippen LogP contribution in [0.15, 0.2) is 21.7 Å². The van der Waals surface area contributed by atoms with Gasteiger partial charge in [0.25, 0.3) is 5.56 Å². The van der Waals surface area contributed by atoms with Crippen LogP contribution in [0.2, 0.25) is 0 Å². The summed E-state index contributed by atoms with van der Waals surface area (Å²) in [6, 6.07) is 0. The molecule has 0 bridgehead atoms. The maximum atomic E-state index is 12.5. The number of hydrogen-bond donors (Lipinski definition) is 0. The lowest BCUT2D eigenvalue weighted by Gasteiger charge is -2.25. The average molecular weight is 324 g/mol. The second-order valence-corrected chi connectivity index (χ2v) is 5.93. The number of ether oxygens (including phenoxy) is 1. The highest BCUT2D eigenvalue weighted by molar-refractivity contribution is 9.10. The lowest BCUT2D eigenvalue weighted by Crippen LogP contribution is -2.39. The predicted molar refractivity (Wildman–Crippen MR) is 75.3 cm³/mol. The molecule has 0 N–H and O–H groups in total. The molecule has 0 aliphatic carbocycles. The highest BCUT2D eigenvalue weighted by atomic mass is 79.9. The fourth-order valence-electron chi connectivity index (χ4n) is 2.40. The minimum atomic E-state index is -0.293. The van der Waals surface area contributed by atoms with Gasteiger partial charge in [0.15, 0.2) is 0 Å². The summed E-state index contributed by atoms with van der Waals surface area (Å²) in [5.41, 5.74) is 0.299. The number of hydrogen-bond acceptors (Lipinski definition) is 4. The standard InChI is InChI=1S/C13H14BrN3O2/c1-8-15-5-9-6-17(13(2)3-4-19-7-13)12(18)10(14)11(9)16-8/h5-6H,3-4,7H2,1-2H3. The van der Waals surface area contributed by atoms with Gasteiger partial charge in [-0.25, -0.2) is 9.97 Å². The van der Waals surface area contributed by atoms with Crippen LogP contribution in [-0.4, -0.2) is 27.7 Å². The van der Waals surface area contributed by atoms with E-state index < -0.39 is 0 Å². The summed E-state index contributed by atoms with van der Waals surface area (Å²) < 4.78 is 7.66. The molecule has 1 fully saturated rings. The van der Waals surface area contributed by atoms with Crippen LogP contribution in [0, 0.1) is 6.92 Å². The van der Waals surface area contributed by atoms with Crippen LogP contribution < -0.4 is 5.56 Å². The lowest BCUT2D eigenvalue weighted by atomic mass is 10.0. The molecule has 1 aliphatic rings. The third kappa shape index (κ3) is 1.99. The van der Waals surface area contributed by atoms with Crippen molar-refractivity contribution < 1.29 is 4.74 Å². The Bertz CT molecular complexity index is 705. The van der Waals surface area contributed by atoms with Crippen molar-refractivity contribution in [3.05, 3.63) is 33.0 Å². The Morgan fingerprint density at radius 1 is 1.53 bits per heavy atom. The number of rotatable bonds is 1. The summed E-state index contributed by atoms with van der Waals surface area (Å²) >= 11 is 3.37. The Hall–Kier alpha value is -1.27. The summed E-state index contributed by atoms with van der Waals surface area (Å²) in [5, 5.41) is 0.852. The van der Waals surface area contributed by atoms with Gasteiger partial charge in [-0.3, -0.25) is 4.79 Å². The quantitative estimate of drug-likeness (QED) is 0.805. The second-order valence-electron chi connectivity index (χ2n) is 5.14. The average Bonchev–Trinajstić information content (AvgIpc) is 2.82. The molecule has 2 aromatic heterocycles. The summed E-state index contributed by atoms with van der Waals surface area (Å²) in [7, 11) is 0. The molecule has 5 nitrogen and oxygen atoms in total. The zero-order chi connectivity index (χ0) is 13.6. The van der Waals surface area contributed by atoms with E-state index in [1.165, 1.54) is 0 Å². The molecule has 1 saturated heterocycles. The molecule has 1 unspecified atom stereocenters. The van der Waals surface area contributed by atoms with Crippen LogP contribution in [0.4, 0.5) is 0 Å². The van der Waals surface area contributed by atoms with E-state index in [2.05, 4.69) is 25.9 Å². The number of aromatic nitrogens is 3. The third-order valence-electron chi connectivity index (χ3n) is 3.60. The highest BCUT2D eigenvalue weighted by Gasteiger charge is 2.33. The molecule has 1 aliphatic heterocycles. The van der Waals surface area contributed by atoms with Crippen molar-refractivity contribution >= 4 is 26.8 Å². The number of aryl methyl sites for hydroxylation is 1. The normalized spacial score (nSPS) is 23.1. The maximum Gasteiger partial charge on any atom is 0.267 e. The first kappa shape index (κ1) is 12.7. The molecule has 0 radical (unpaired) electrons. The number of pyridine rings is 1. The van der Waals surface area contributed by atoms with Crippen molar-refractivity contribution in [1.82, 2.24) is 14.5 Å². The zero-order valence-corrected chi connectivity index (χ0v) is 12.4. The van der Waals surface area contributed by atoms with Gasteiger partial charge in [0.1, 0.15) is 10.3 Å². The fraction of sp³-hybridized carbons (Fsp3) is 0.462. The molecule has 3 rings (SSSR count). The van der Waals surface area contributed by atoms with E-state index in [1.54, 1.807) is 10.8 Å². The molecule has 2 aromatic rings. The van der Waals surface area contributed by atoms with Crippen LogP contribution in [0.25, 0.3) is 10.9 Å². The van der Waals surface area contributed by atoms with Gasteiger partial charge >= 0.3 is 0 Å². The van der Waals surface area contributed by atoms with Crippen molar-refractivity contribution in [2.45, 2.75) is 25.8 Å². The molecule has 0 spiro atoms. The number of fused-ring (bicyclic) bond motifs is 1. The minimum Gasteiger partial charge on any atom is -0.379 e. The Labute approximate surface area is 118 Å². The van der Waals surface area contributed by atoms with Crippen LogP contribution in [0.5, 0.6) is 0 Å². The highest BCUT2D eigenvalue weighted by Crippen LogP contribution is 2.28. The van der Waals surface area contributed by atoms with Gasteiger partial charge in [0.05, 0.1) is 17.7 Å². The van der Waals surface area contributed by atoms with E-state index in [-0.39, 0.29) is 11.1 Å². The SMILES string of the molecule is Cc1ncc2cn(C3(C)CCOC3)c(=O)c(Br)c2n1. The van der Waals surface area contributed by atoms with Crippen molar-refractivity contribution in [2.75, 3.05) is 13.2 Å². The van der Waals surface area contributed by atoms with E-state index in [0.29, 0.717) is 29.0 Å². The lowest BCUT2D eigenvalue weighted by molar-refractivity contribution is 0.160. The van der Waals surface area contributed by atoms with Gasteiger partial charge in [0.2, 0.25) is 0 Å². The Morgan fingerprint density at radius 2 is 2.32 bits per heavy atom.